The van der Waals surface area contributed by atoms with E-state index in [0.717, 1.165) is 4.88 Å². The standard InChI is InChI=1S/C22H20N2O5S/c1-15-7-12-19(30-15)22(27)23-13-21(26)28-14-20(25)24-16-8-10-18(11-9-16)29-17-5-3-2-4-6-17/h2-12H,13-14H2,1H3,(H,23,27)(H,24,25). The van der Waals surface area contributed by atoms with E-state index >= 15 is 0 Å². The van der Waals surface area contributed by atoms with E-state index in [-0.39, 0.29) is 12.5 Å². The smallest absolute Gasteiger partial charge is 0.325 e. The van der Waals surface area contributed by atoms with Crippen molar-refractivity contribution in [2.75, 3.05) is 18.5 Å². The van der Waals surface area contributed by atoms with Crippen LogP contribution in [0.4, 0.5) is 5.69 Å². The van der Waals surface area contributed by atoms with E-state index in [9.17, 15) is 14.4 Å². The number of amides is 2. The number of ether oxygens (including phenoxy) is 2. The molecule has 0 bridgehead atoms. The number of esters is 1. The monoisotopic (exact) mass is 424 g/mol. The predicted octanol–water partition coefficient (Wildman–Crippen LogP) is 3.76. The first-order valence-corrected chi connectivity index (χ1v) is 9.94. The van der Waals surface area contributed by atoms with Gasteiger partial charge in [-0.3, -0.25) is 14.4 Å². The summed E-state index contributed by atoms with van der Waals surface area (Å²) >= 11 is 1.33. The average Bonchev–Trinajstić information content (AvgIpc) is 3.19. The fourth-order valence-corrected chi connectivity index (χ4v) is 3.21. The van der Waals surface area contributed by atoms with Crippen molar-refractivity contribution in [2.24, 2.45) is 0 Å². The highest BCUT2D eigenvalue weighted by atomic mass is 32.1. The minimum Gasteiger partial charge on any atom is -0.457 e. The summed E-state index contributed by atoms with van der Waals surface area (Å²) < 4.78 is 10.6. The molecule has 0 radical (unpaired) electrons. The molecule has 1 heterocycles. The van der Waals surface area contributed by atoms with Crippen LogP contribution in [0.5, 0.6) is 11.5 Å². The summed E-state index contributed by atoms with van der Waals surface area (Å²) in [5.41, 5.74) is 0.540. The van der Waals surface area contributed by atoms with Gasteiger partial charge in [-0.15, -0.1) is 11.3 Å². The lowest BCUT2D eigenvalue weighted by atomic mass is 10.3. The van der Waals surface area contributed by atoms with Crippen LogP contribution < -0.4 is 15.4 Å². The molecule has 2 aromatic carbocycles. The molecule has 0 spiro atoms. The molecule has 2 amide bonds. The van der Waals surface area contributed by atoms with Gasteiger partial charge in [0.05, 0.1) is 4.88 Å². The third kappa shape index (κ3) is 6.46. The Balaban J connectivity index is 1.38. The van der Waals surface area contributed by atoms with Crippen LogP contribution in [0.3, 0.4) is 0 Å². The SMILES string of the molecule is Cc1ccc(C(=O)NCC(=O)OCC(=O)Nc2ccc(Oc3ccccc3)cc2)s1. The van der Waals surface area contributed by atoms with Crippen LogP contribution in [0.2, 0.25) is 0 Å². The van der Waals surface area contributed by atoms with Crippen molar-refractivity contribution in [3.05, 3.63) is 76.5 Å². The van der Waals surface area contributed by atoms with Gasteiger partial charge in [-0.2, -0.15) is 0 Å². The molecule has 2 N–H and O–H groups in total. The highest BCUT2D eigenvalue weighted by Crippen LogP contribution is 2.22. The number of thiophene rings is 1. The zero-order chi connectivity index (χ0) is 21.3. The second-order valence-electron chi connectivity index (χ2n) is 6.24. The largest absolute Gasteiger partial charge is 0.457 e. The van der Waals surface area contributed by atoms with E-state index in [1.165, 1.54) is 11.3 Å². The number of benzene rings is 2. The molecule has 8 heteroatoms. The number of aryl methyl sites for hydroxylation is 1. The van der Waals surface area contributed by atoms with Crippen LogP contribution in [-0.4, -0.2) is 30.9 Å². The zero-order valence-corrected chi connectivity index (χ0v) is 17.0. The lowest BCUT2D eigenvalue weighted by Crippen LogP contribution is -2.31. The molecule has 1 aromatic heterocycles. The summed E-state index contributed by atoms with van der Waals surface area (Å²) in [6, 6.07) is 19.6. The van der Waals surface area contributed by atoms with Gasteiger partial charge in [-0.1, -0.05) is 18.2 Å². The molecule has 30 heavy (non-hydrogen) atoms. The maximum atomic E-state index is 11.9. The number of carbonyl (C=O) groups is 3. The van der Waals surface area contributed by atoms with Crippen molar-refractivity contribution >= 4 is 34.8 Å². The van der Waals surface area contributed by atoms with Gasteiger partial charge in [0, 0.05) is 10.6 Å². The topological polar surface area (TPSA) is 93.7 Å². The Bertz CT molecular complexity index is 1020. The molecule has 0 unspecified atom stereocenters. The van der Waals surface area contributed by atoms with Gasteiger partial charge >= 0.3 is 5.97 Å². The molecular weight excluding hydrogens is 404 g/mol. The van der Waals surface area contributed by atoms with Crippen LogP contribution in [-0.2, 0) is 14.3 Å². The van der Waals surface area contributed by atoms with Crippen LogP contribution in [0.15, 0.2) is 66.7 Å². The number of carbonyl (C=O) groups excluding carboxylic acids is 3. The Kier molecular flexibility index (Phi) is 7.18. The van der Waals surface area contributed by atoms with Crippen LogP contribution in [0.25, 0.3) is 0 Å². The molecule has 0 saturated carbocycles. The fraction of sp³-hybridized carbons (Fsp3) is 0.136. The molecule has 0 saturated heterocycles. The minimum absolute atomic E-state index is 0.311. The third-order valence-corrected chi connectivity index (χ3v) is 4.84. The Labute approximate surface area is 177 Å². The Morgan fingerprint density at radius 1 is 0.900 bits per heavy atom. The molecule has 154 valence electrons. The summed E-state index contributed by atoms with van der Waals surface area (Å²) in [5.74, 6) is -0.198. The molecule has 0 fully saturated rings. The highest BCUT2D eigenvalue weighted by Gasteiger charge is 2.12. The number of para-hydroxylation sites is 1. The van der Waals surface area contributed by atoms with Crippen molar-refractivity contribution in [3.8, 4) is 11.5 Å². The molecule has 0 aliphatic carbocycles. The quantitative estimate of drug-likeness (QED) is 0.537. The van der Waals surface area contributed by atoms with Gasteiger partial charge < -0.3 is 20.1 Å². The normalized spacial score (nSPS) is 10.2. The predicted molar refractivity (Wildman–Crippen MR) is 114 cm³/mol. The fourth-order valence-electron chi connectivity index (χ4n) is 2.42. The first kappa shape index (κ1) is 21.1. The van der Waals surface area contributed by atoms with Gasteiger partial charge in [-0.25, -0.2) is 0 Å². The van der Waals surface area contributed by atoms with Gasteiger partial charge in [0.2, 0.25) is 0 Å². The molecule has 3 aromatic rings. The van der Waals surface area contributed by atoms with Crippen LogP contribution in [0, 0.1) is 6.92 Å². The average molecular weight is 424 g/mol. The highest BCUT2D eigenvalue weighted by molar-refractivity contribution is 7.13. The molecule has 7 nitrogen and oxygen atoms in total. The van der Waals surface area contributed by atoms with E-state index in [4.69, 9.17) is 9.47 Å². The van der Waals surface area contributed by atoms with Gasteiger partial charge in [0.1, 0.15) is 18.0 Å². The van der Waals surface area contributed by atoms with Crippen LogP contribution in [0.1, 0.15) is 14.5 Å². The van der Waals surface area contributed by atoms with Crippen molar-refractivity contribution in [1.82, 2.24) is 5.32 Å². The molecule has 0 atom stereocenters. The lowest BCUT2D eigenvalue weighted by molar-refractivity contribution is -0.146. The van der Waals surface area contributed by atoms with E-state index in [2.05, 4.69) is 10.6 Å². The summed E-state index contributed by atoms with van der Waals surface area (Å²) in [6.45, 7) is 1.13. The van der Waals surface area contributed by atoms with Gasteiger partial charge in [-0.05, 0) is 55.5 Å². The Morgan fingerprint density at radius 2 is 1.60 bits per heavy atom. The van der Waals surface area contributed by atoms with Crippen LogP contribution >= 0.6 is 11.3 Å². The summed E-state index contributed by atoms with van der Waals surface area (Å²) in [4.78, 5) is 37.1. The number of rotatable bonds is 8. The zero-order valence-electron chi connectivity index (χ0n) is 16.2. The minimum atomic E-state index is -0.696. The maximum Gasteiger partial charge on any atom is 0.325 e. The summed E-state index contributed by atoms with van der Waals surface area (Å²) in [6.07, 6.45) is 0. The lowest BCUT2D eigenvalue weighted by Gasteiger charge is -2.09. The van der Waals surface area contributed by atoms with Gasteiger partial charge in [0.25, 0.3) is 11.8 Å². The summed E-state index contributed by atoms with van der Waals surface area (Å²) in [7, 11) is 0. The number of hydrogen-bond donors (Lipinski definition) is 2. The van der Waals surface area contributed by atoms with E-state index < -0.39 is 18.5 Å². The molecule has 0 aliphatic rings. The molecule has 0 aliphatic heterocycles. The first-order valence-electron chi connectivity index (χ1n) is 9.13. The number of hydrogen-bond acceptors (Lipinski definition) is 6. The van der Waals surface area contributed by atoms with Crippen molar-refractivity contribution in [1.29, 1.82) is 0 Å². The summed E-state index contributed by atoms with van der Waals surface area (Å²) in [5, 5.41) is 5.09. The van der Waals surface area contributed by atoms with Crippen molar-refractivity contribution < 1.29 is 23.9 Å². The first-order chi connectivity index (χ1) is 14.5. The molecular formula is C22H20N2O5S. The van der Waals surface area contributed by atoms with E-state index in [1.807, 2.05) is 43.3 Å². The van der Waals surface area contributed by atoms with E-state index in [1.54, 1.807) is 30.3 Å². The Hall–Kier alpha value is -3.65. The molecule has 3 rings (SSSR count). The Morgan fingerprint density at radius 3 is 2.27 bits per heavy atom. The number of anilines is 1. The van der Waals surface area contributed by atoms with E-state index in [0.29, 0.717) is 22.1 Å². The number of nitrogens with one attached hydrogen (secondary N) is 2. The maximum absolute atomic E-state index is 11.9. The van der Waals surface area contributed by atoms with Crippen molar-refractivity contribution in [2.45, 2.75) is 6.92 Å². The second kappa shape index (κ2) is 10.2. The third-order valence-electron chi connectivity index (χ3n) is 3.84. The second-order valence-corrected chi connectivity index (χ2v) is 7.53. The van der Waals surface area contributed by atoms with Gasteiger partial charge in [0.15, 0.2) is 6.61 Å². The van der Waals surface area contributed by atoms with Crippen molar-refractivity contribution in [3.63, 3.8) is 0 Å².